The zero-order valence-electron chi connectivity index (χ0n) is 15.6. The molecule has 1 amide bonds. The molecule has 1 aromatic heterocycles. The highest BCUT2D eigenvalue weighted by atomic mass is 35.5. The number of halogens is 5. The van der Waals surface area contributed by atoms with Crippen LogP contribution in [0.4, 0.5) is 17.6 Å². The number of thioether (sulfide) groups is 1. The Kier molecular flexibility index (Phi) is 7.77. The van der Waals surface area contributed by atoms with Crippen LogP contribution in [-0.4, -0.2) is 21.4 Å². The molecule has 10 heteroatoms. The Morgan fingerprint density at radius 2 is 1.75 bits per heavy atom. The summed E-state index contributed by atoms with van der Waals surface area (Å²) in [6, 6.07) is 0. The van der Waals surface area contributed by atoms with Crippen LogP contribution in [0.25, 0.3) is 0 Å². The van der Waals surface area contributed by atoms with Crippen molar-refractivity contribution in [2.24, 2.45) is 7.05 Å². The molecule has 28 heavy (non-hydrogen) atoms. The monoisotopic (exact) mass is 437 g/mol. The first-order chi connectivity index (χ1) is 13.2. The van der Waals surface area contributed by atoms with Gasteiger partial charge in [0.05, 0.1) is 15.6 Å². The van der Waals surface area contributed by atoms with Crippen molar-refractivity contribution in [2.45, 2.75) is 44.6 Å². The molecule has 0 atom stereocenters. The van der Waals surface area contributed by atoms with E-state index in [2.05, 4.69) is 10.4 Å². The summed E-state index contributed by atoms with van der Waals surface area (Å²) < 4.78 is 58.2. The Balaban J connectivity index is 2.25. The SMILES string of the molecule is CCCCSc1c(F)c(F)c(CNC(=O)c2c(Cl)c(CC)nn2C)c(F)c1F. The van der Waals surface area contributed by atoms with E-state index in [1.165, 1.54) is 11.7 Å². The van der Waals surface area contributed by atoms with Crippen molar-refractivity contribution in [3.05, 3.63) is 45.2 Å². The molecule has 2 rings (SSSR count). The van der Waals surface area contributed by atoms with E-state index in [-0.39, 0.29) is 10.7 Å². The van der Waals surface area contributed by atoms with E-state index in [0.717, 1.165) is 18.2 Å². The van der Waals surface area contributed by atoms with Gasteiger partial charge in [-0.15, -0.1) is 11.8 Å². The van der Waals surface area contributed by atoms with Gasteiger partial charge in [0.25, 0.3) is 5.91 Å². The normalized spacial score (nSPS) is 11.1. The Labute approximate surface area is 169 Å². The maximum atomic E-state index is 14.3. The lowest BCUT2D eigenvalue weighted by Gasteiger charge is -2.12. The van der Waals surface area contributed by atoms with Gasteiger partial charge in [-0.05, 0) is 18.6 Å². The number of amides is 1. The van der Waals surface area contributed by atoms with Crippen LogP contribution in [0.1, 0.15) is 48.4 Å². The molecule has 2 aromatic rings. The molecule has 0 bridgehead atoms. The molecular weight excluding hydrogens is 418 g/mol. The van der Waals surface area contributed by atoms with Gasteiger partial charge in [-0.25, -0.2) is 17.6 Å². The number of rotatable bonds is 8. The average molecular weight is 438 g/mol. The Hall–Kier alpha value is -1.74. The van der Waals surface area contributed by atoms with Gasteiger partial charge in [-0.1, -0.05) is 31.9 Å². The summed E-state index contributed by atoms with van der Waals surface area (Å²) in [4.78, 5) is 11.6. The molecule has 4 nitrogen and oxygen atoms in total. The third-order valence-corrected chi connectivity index (χ3v) is 5.63. The molecular formula is C18H20ClF4N3OS. The van der Waals surface area contributed by atoms with Crippen molar-refractivity contribution < 1.29 is 22.4 Å². The lowest BCUT2D eigenvalue weighted by Crippen LogP contribution is -2.27. The summed E-state index contributed by atoms with van der Waals surface area (Å²) in [6.45, 7) is 2.94. The summed E-state index contributed by atoms with van der Waals surface area (Å²) in [7, 11) is 1.49. The number of hydrogen-bond acceptors (Lipinski definition) is 3. The average Bonchev–Trinajstić information content (AvgIpc) is 2.96. The van der Waals surface area contributed by atoms with Gasteiger partial charge in [0.1, 0.15) is 5.69 Å². The first kappa shape index (κ1) is 22.5. The summed E-state index contributed by atoms with van der Waals surface area (Å²) in [5.41, 5.74) is -0.415. The molecule has 1 aromatic carbocycles. The van der Waals surface area contributed by atoms with Gasteiger partial charge in [0.15, 0.2) is 23.3 Å². The van der Waals surface area contributed by atoms with Crippen LogP contribution >= 0.6 is 23.4 Å². The van der Waals surface area contributed by atoms with Gasteiger partial charge in [-0.3, -0.25) is 9.48 Å². The van der Waals surface area contributed by atoms with E-state index >= 15 is 0 Å². The Morgan fingerprint density at radius 1 is 1.14 bits per heavy atom. The number of nitrogens with zero attached hydrogens (tertiary/aromatic N) is 2. The fraction of sp³-hybridized carbons (Fsp3) is 0.444. The molecule has 0 radical (unpaired) electrons. The molecule has 154 valence electrons. The number of aromatic nitrogens is 2. The number of unbranched alkanes of at least 4 members (excludes halogenated alkanes) is 1. The maximum absolute atomic E-state index is 14.3. The van der Waals surface area contributed by atoms with E-state index in [1.54, 1.807) is 6.92 Å². The number of carbonyl (C=O) groups excluding carboxylic acids is 1. The molecule has 0 saturated carbocycles. The van der Waals surface area contributed by atoms with Crippen molar-refractivity contribution in [2.75, 3.05) is 5.75 Å². The van der Waals surface area contributed by atoms with Crippen molar-refractivity contribution >= 4 is 29.3 Å². The highest BCUT2D eigenvalue weighted by molar-refractivity contribution is 7.99. The largest absolute Gasteiger partial charge is 0.346 e. The van der Waals surface area contributed by atoms with Crippen molar-refractivity contribution in [1.29, 1.82) is 0 Å². The predicted octanol–water partition coefficient (Wildman–Crippen LogP) is 5.01. The molecule has 0 unspecified atom stereocenters. The van der Waals surface area contributed by atoms with Gasteiger partial charge >= 0.3 is 0 Å². The standard InChI is InChI=1S/C18H20ClF4N3OS/c1-4-6-7-28-17-14(22)12(20)9(13(21)15(17)23)8-24-18(27)16-11(19)10(5-2)25-26(16)3/h4-8H2,1-3H3,(H,24,27). The van der Waals surface area contributed by atoms with Crippen LogP contribution in [0.15, 0.2) is 4.90 Å². The molecule has 0 aliphatic heterocycles. The lowest BCUT2D eigenvalue weighted by molar-refractivity contribution is 0.0940. The highest BCUT2D eigenvalue weighted by Gasteiger charge is 2.27. The minimum atomic E-state index is -1.52. The van der Waals surface area contributed by atoms with Crippen LogP contribution in [-0.2, 0) is 20.0 Å². The second-order valence-electron chi connectivity index (χ2n) is 6.03. The topological polar surface area (TPSA) is 46.9 Å². The minimum absolute atomic E-state index is 0.00739. The number of nitrogens with one attached hydrogen (secondary N) is 1. The Bertz CT molecular complexity index is 859. The zero-order valence-corrected chi connectivity index (χ0v) is 17.2. The number of benzene rings is 1. The second kappa shape index (κ2) is 9.65. The number of hydrogen-bond donors (Lipinski definition) is 1. The van der Waals surface area contributed by atoms with Crippen LogP contribution in [0.3, 0.4) is 0 Å². The highest BCUT2D eigenvalue weighted by Crippen LogP contribution is 2.32. The molecule has 1 heterocycles. The van der Waals surface area contributed by atoms with Crippen LogP contribution < -0.4 is 5.32 Å². The number of carbonyl (C=O) groups is 1. The fourth-order valence-electron chi connectivity index (χ4n) is 2.54. The lowest BCUT2D eigenvalue weighted by atomic mass is 10.1. The van der Waals surface area contributed by atoms with Crippen molar-refractivity contribution in [3.8, 4) is 0 Å². The van der Waals surface area contributed by atoms with Gasteiger partial charge in [-0.2, -0.15) is 5.10 Å². The fourth-order valence-corrected chi connectivity index (χ4v) is 3.99. The van der Waals surface area contributed by atoms with Crippen LogP contribution in [0, 0.1) is 23.3 Å². The van der Waals surface area contributed by atoms with Gasteiger partial charge < -0.3 is 5.32 Å². The molecule has 1 N–H and O–H groups in total. The Morgan fingerprint density at radius 3 is 2.25 bits per heavy atom. The van der Waals surface area contributed by atoms with Crippen LogP contribution in [0.5, 0.6) is 0 Å². The van der Waals surface area contributed by atoms with Gasteiger partial charge in [0.2, 0.25) is 0 Å². The van der Waals surface area contributed by atoms with Crippen LogP contribution in [0.2, 0.25) is 5.02 Å². The smallest absolute Gasteiger partial charge is 0.271 e. The molecule has 0 aliphatic carbocycles. The summed E-state index contributed by atoms with van der Waals surface area (Å²) >= 11 is 6.80. The van der Waals surface area contributed by atoms with E-state index in [1.807, 2.05) is 6.92 Å². The third kappa shape index (κ3) is 4.46. The van der Waals surface area contributed by atoms with Crippen molar-refractivity contribution in [1.82, 2.24) is 15.1 Å². The zero-order chi connectivity index (χ0) is 21.0. The van der Waals surface area contributed by atoms with E-state index < -0.39 is 46.2 Å². The summed E-state index contributed by atoms with van der Waals surface area (Å²) in [6.07, 6.45) is 1.91. The molecule has 0 spiro atoms. The summed E-state index contributed by atoms with van der Waals surface area (Å²) in [5.74, 6) is -6.40. The first-order valence-electron chi connectivity index (χ1n) is 8.71. The molecule has 0 aliphatic rings. The minimum Gasteiger partial charge on any atom is -0.346 e. The van der Waals surface area contributed by atoms with E-state index in [9.17, 15) is 22.4 Å². The first-order valence-corrected chi connectivity index (χ1v) is 10.1. The van der Waals surface area contributed by atoms with Crippen molar-refractivity contribution in [3.63, 3.8) is 0 Å². The van der Waals surface area contributed by atoms with Gasteiger partial charge in [0, 0.05) is 19.2 Å². The maximum Gasteiger partial charge on any atom is 0.271 e. The third-order valence-electron chi connectivity index (χ3n) is 4.09. The van der Waals surface area contributed by atoms with E-state index in [0.29, 0.717) is 24.3 Å². The summed E-state index contributed by atoms with van der Waals surface area (Å²) in [5, 5.41) is 6.42. The van der Waals surface area contributed by atoms with E-state index in [4.69, 9.17) is 11.6 Å². The predicted molar refractivity (Wildman–Crippen MR) is 101 cm³/mol. The second-order valence-corrected chi connectivity index (χ2v) is 7.52. The molecule has 0 fully saturated rings. The quantitative estimate of drug-likeness (QED) is 0.273. The molecule has 0 saturated heterocycles. The number of aryl methyl sites for hydroxylation is 2.